The second-order valence-corrected chi connectivity index (χ2v) is 12.0. The normalized spacial score (nSPS) is 12.8. The van der Waals surface area contributed by atoms with Gasteiger partial charge in [-0.25, -0.2) is 0 Å². The number of alkyl halides is 3. The molecule has 35 heavy (non-hydrogen) atoms. The second kappa shape index (κ2) is 9.77. The summed E-state index contributed by atoms with van der Waals surface area (Å²) >= 11 is 0. The summed E-state index contributed by atoms with van der Waals surface area (Å²) in [5, 5.41) is 0. The van der Waals surface area contributed by atoms with Crippen molar-refractivity contribution in [2.75, 3.05) is 7.11 Å². The first-order valence-corrected chi connectivity index (χ1v) is 13.4. The Balaban J connectivity index is 1.93. The van der Waals surface area contributed by atoms with Gasteiger partial charge in [-0.3, -0.25) is 3.63 Å². The van der Waals surface area contributed by atoms with E-state index in [1.165, 1.54) is 7.11 Å². The molecule has 182 valence electrons. The van der Waals surface area contributed by atoms with Gasteiger partial charge in [0.25, 0.3) is 0 Å². The molecule has 4 aromatic carbocycles. The molecular weight excluding hydrogens is 497 g/mol. The van der Waals surface area contributed by atoms with E-state index < -0.39 is 32.2 Å². The number of methoxy groups -OCH3 is 1. The van der Waals surface area contributed by atoms with Gasteiger partial charge in [0.1, 0.15) is 10.6 Å². The molecule has 4 rings (SSSR count). The Labute approximate surface area is 203 Å². The molecule has 0 atom stereocenters. The first-order valence-electron chi connectivity index (χ1n) is 10.4. The standard InChI is InChI=1S/C26H21F3O4S2/c1-32-21-14-18-24(19-15-21)34(22-8-4-2-5-9-22,23-10-6-3-7-11-23)33-35(30,31)25-16-12-20(13-17-25)26(27,28)29/h2-19H,1H3/p+1. The molecule has 0 aliphatic carbocycles. The van der Waals surface area contributed by atoms with Crippen molar-refractivity contribution in [3.63, 3.8) is 0 Å². The molecular formula is C26H22F3O4S2+. The van der Waals surface area contributed by atoms with E-state index in [-0.39, 0.29) is 4.90 Å². The van der Waals surface area contributed by atoms with E-state index in [0.717, 1.165) is 24.3 Å². The summed E-state index contributed by atoms with van der Waals surface area (Å²) in [5.41, 5.74) is -0.934. The largest absolute Gasteiger partial charge is 0.497 e. The smallest absolute Gasteiger partial charge is 0.422 e. The summed E-state index contributed by atoms with van der Waals surface area (Å²) in [5.74, 6) is 0.591. The van der Waals surface area contributed by atoms with Crippen LogP contribution in [0.1, 0.15) is 5.56 Å². The molecule has 0 radical (unpaired) electrons. The van der Waals surface area contributed by atoms with Gasteiger partial charge >= 0.3 is 16.3 Å². The highest BCUT2D eigenvalue weighted by Gasteiger charge is 2.43. The first-order chi connectivity index (χ1) is 16.7. The fourth-order valence-electron chi connectivity index (χ4n) is 3.55. The van der Waals surface area contributed by atoms with Crippen LogP contribution in [0.15, 0.2) is 129 Å². The molecule has 0 aliphatic heterocycles. The molecule has 0 saturated carbocycles. The van der Waals surface area contributed by atoms with E-state index in [2.05, 4.69) is 3.63 Å². The number of hydrogen-bond donors (Lipinski definition) is 0. The van der Waals surface area contributed by atoms with E-state index in [1.807, 2.05) is 12.1 Å². The van der Waals surface area contributed by atoms with Crippen molar-refractivity contribution in [2.24, 2.45) is 0 Å². The lowest BCUT2D eigenvalue weighted by atomic mass is 10.2. The third kappa shape index (κ3) is 5.07. The maximum Gasteiger partial charge on any atom is 0.422 e. The third-order valence-corrected chi connectivity index (χ3v) is 10.7. The van der Waals surface area contributed by atoms with Crippen LogP contribution in [0.25, 0.3) is 0 Å². The molecule has 0 heterocycles. The van der Waals surface area contributed by atoms with Crippen molar-refractivity contribution in [2.45, 2.75) is 25.8 Å². The zero-order chi connectivity index (χ0) is 25.1. The number of halogens is 3. The van der Waals surface area contributed by atoms with Crippen LogP contribution in [0.5, 0.6) is 5.75 Å². The minimum absolute atomic E-state index is 0.317. The minimum atomic E-state index is -4.58. The van der Waals surface area contributed by atoms with Crippen molar-refractivity contribution in [1.29, 1.82) is 0 Å². The lowest BCUT2D eigenvalue weighted by Crippen LogP contribution is -2.19. The monoisotopic (exact) mass is 519 g/mol. The predicted molar refractivity (Wildman–Crippen MR) is 130 cm³/mol. The van der Waals surface area contributed by atoms with Gasteiger partial charge in [-0.2, -0.15) is 13.2 Å². The molecule has 0 unspecified atom stereocenters. The Bertz CT molecular complexity index is 1330. The molecule has 0 fully saturated rings. The van der Waals surface area contributed by atoms with E-state index in [1.54, 1.807) is 72.8 Å². The predicted octanol–water partition coefficient (Wildman–Crippen LogP) is 7.39. The molecule has 9 heteroatoms. The Kier molecular flexibility index (Phi) is 6.93. The Morgan fingerprint density at radius 3 is 1.49 bits per heavy atom. The van der Waals surface area contributed by atoms with Gasteiger partial charge in [0.05, 0.1) is 37.7 Å². The van der Waals surface area contributed by atoms with Crippen molar-refractivity contribution in [3.05, 3.63) is 115 Å². The molecule has 0 spiro atoms. The molecule has 1 N–H and O–H groups in total. The maximum absolute atomic E-state index is 13.6. The highest BCUT2D eigenvalue weighted by Crippen LogP contribution is 2.68. The van der Waals surface area contributed by atoms with Crippen LogP contribution in [-0.4, -0.2) is 19.2 Å². The van der Waals surface area contributed by atoms with Crippen molar-refractivity contribution >= 4 is 20.4 Å². The number of rotatable bonds is 7. The highest BCUT2D eigenvalue weighted by molar-refractivity contribution is 8.32. The van der Waals surface area contributed by atoms with Crippen LogP contribution in [0.4, 0.5) is 13.2 Å². The Hall–Kier alpha value is -3.27. The van der Waals surface area contributed by atoms with Crippen LogP contribution in [0.3, 0.4) is 0 Å². The van der Waals surface area contributed by atoms with Gasteiger partial charge < -0.3 is 4.74 Å². The lowest BCUT2D eigenvalue weighted by Gasteiger charge is -2.34. The van der Waals surface area contributed by atoms with Gasteiger partial charge in [0, 0.05) is 0 Å². The van der Waals surface area contributed by atoms with Gasteiger partial charge in [0.15, 0.2) is 0 Å². The second-order valence-electron chi connectivity index (χ2n) is 7.45. The number of ether oxygens (including phenoxy) is 1. The third-order valence-electron chi connectivity index (χ3n) is 5.26. The van der Waals surface area contributed by atoms with Crippen molar-refractivity contribution < 1.29 is 30.0 Å². The summed E-state index contributed by atoms with van der Waals surface area (Å²) in [6, 6.07) is 28.4. The zero-order valence-corrected chi connectivity index (χ0v) is 20.1. The van der Waals surface area contributed by atoms with Crippen LogP contribution >= 0.6 is 10.3 Å². The van der Waals surface area contributed by atoms with Gasteiger partial charge in [-0.15, -0.1) is 8.42 Å². The lowest BCUT2D eigenvalue weighted by molar-refractivity contribution is -0.137. The quantitative estimate of drug-likeness (QED) is 0.189. The summed E-state index contributed by atoms with van der Waals surface area (Å²) in [4.78, 5) is 1.63. The van der Waals surface area contributed by atoms with E-state index >= 15 is 0 Å². The highest BCUT2D eigenvalue weighted by atomic mass is 32.3. The fraction of sp³-hybridized carbons (Fsp3) is 0.0769. The van der Waals surface area contributed by atoms with Crippen LogP contribution < -0.4 is 4.74 Å². The minimum Gasteiger partial charge on any atom is -0.497 e. The fourth-order valence-corrected chi connectivity index (χ4v) is 9.03. The van der Waals surface area contributed by atoms with E-state index in [0.29, 0.717) is 20.4 Å². The van der Waals surface area contributed by atoms with Crippen molar-refractivity contribution in [1.82, 2.24) is 0 Å². The van der Waals surface area contributed by atoms with E-state index in [4.69, 9.17) is 4.74 Å². The summed E-state index contributed by atoms with van der Waals surface area (Å²) < 4.78 is 76.1. The Morgan fingerprint density at radius 2 is 1.06 bits per heavy atom. The van der Waals surface area contributed by atoms with Gasteiger partial charge in [-0.1, -0.05) is 36.4 Å². The zero-order valence-electron chi connectivity index (χ0n) is 18.5. The van der Waals surface area contributed by atoms with Crippen molar-refractivity contribution in [3.8, 4) is 5.75 Å². The molecule has 0 aromatic heterocycles. The first kappa shape index (κ1) is 24.8. The summed E-state index contributed by atoms with van der Waals surface area (Å²) in [6.07, 6.45) is -4.58. The van der Waals surface area contributed by atoms with Crippen LogP contribution in [0, 0.1) is 0 Å². The topological polar surface area (TPSA) is 56.2 Å². The molecule has 0 bridgehead atoms. The summed E-state index contributed by atoms with van der Waals surface area (Å²) in [6.45, 7) is 0. The SMILES string of the molecule is COc1ccc(S([OH+]S(=O)(=O)c2ccc(C(F)(F)F)cc2)(c2ccccc2)c2ccccc2)cc1. The molecule has 0 saturated heterocycles. The van der Waals surface area contributed by atoms with E-state index in [9.17, 15) is 21.6 Å². The molecule has 0 aliphatic rings. The number of benzene rings is 4. The maximum atomic E-state index is 13.6. The average molecular weight is 520 g/mol. The molecule has 4 aromatic rings. The van der Waals surface area contributed by atoms with Crippen LogP contribution in [-0.2, 0) is 16.3 Å². The molecule has 4 nitrogen and oxygen atoms in total. The molecule has 0 amide bonds. The van der Waals surface area contributed by atoms with Gasteiger partial charge in [-0.05, 0) is 72.8 Å². The van der Waals surface area contributed by atoms with Crippen LogP contribution in [0.2, 0.25) is 0 Å². The number of hydrogen-bond acceptors (Lipinski definition) is 3. The summed E-state index contributed by atoms with van der Waals surface area (Å²) in [7, 11) is -5.59. The van der Waals surface area contributed by atoms with Gasteiger partial charge in [0.2, 0.25) is 0 Å². The Morgan fingerprint density at radius 1 is 0.629 bits per heavy atom. The average Bonchev–Trinajstić information content (AvgIpc) is 2.88.